The zero-order chi connectivity index (χ0) is 14.9. The third kappa shape index (κ3) is 2.67. The van der Waals surface area contributed by atoms with E-state index in [0.29, 0.717) is 5.69 Å². The Hall–Kier alpha value is -2.28. The molecule has 0 aliphatic carbocycles. The summed E-state index contributed by atoms with van der Waals surface area (Å²) < 4.78 is 15.4. The number of aromatic nitrogens is 2. The number of aryl methyl sites for hydroxylation is 1. The largest absolute Gasteiger partial charge is 0.335 e. The molecule has 0 fully saturated rings. The first kappa shape index (κ1) is 14.1. The van der Waals surface area contributed by atoms with E-state index in [1.165, 1.54) is 7.05 Å². The van der Waals surface area contributed by atoms with Crippen LogP contribution >= 0.6 is 12.2 Å². The topological polar surface area (TPSA) is 62.8 Å². The first-order valence-corrected chi connectivity index (χ1v) is 6.22. The van der Waals surface area contributed by atoms with Crippen molar-refractivity contribution in [3.05, 3.63) is 57.8 Å². The maximum atomic E-state index is 13.5. The minimum atomic E-state index is -0.819. The second-order valence-electron chi connectivity index (χ2n) is 4.33. The highest BCUT2D eigenvalue weighted by Crippen LogP contribution is 2.08. The summed E-state index contributed by atoms with van der Waals surface area (Å²) in [4.78, 5) is 11.9. The molecule has 0 saturated carbocycles. The van der Waals surface area contributed by atoms with Crippen LogP contribution in [0.4, 0.5) is 10.1 Å². The molecular formula is C13H13FN4OS. The molecule has 2 aromatic rings. The second kappa shape index (κ2) is 5.38. The van der Waals surface area contributed by atoms with Gasteiger partial charge in [-0.3, -0.25) is 9.98 Å². The van der Waals surface area contributed by atoms with E-state index in [2.05, 4.69) is 5.32 Å². The van der Waals surface area contributed by atoms with Gasteiger partial charge in [-0.2, -0.15) is 0 Å². The molecular weight excluding hydrogens is 279 g/mol. The highest BCUT2D eigenvalue weighted by Gasteiger charge is 2.09. The molecule has 0 atom stereocenters. The summed E-state index contributed by atoms with van der Waals surface area (Å²) in [5, 5.41) is 10.3. The van der Waals surface area contributed by atoms with Crippen LogP contribution < -0.4 is 16.5 Å². The molecule has 0 amide bonds. The average molecular weight is 292 g/mol. The lowest BCUT2D eigenvalue weighted by Gasteiger charge is -2.12. The molecule has 2 N–H and O–H groups in total. The Balaban J connectivity index is 2.37. The van der Waals surface area contributed by atoms with Crippen LogP contribution in [0.1, 0.15) is 5.56 Å². The lowest BCUT2D eigenvalue weighted by molar-refractivity contribution is 0.547. The fraction of sp³-hybridized carbons (Fsp3) is 0.154. The molecule has 0 aliphatic rings. The van der Waals surface area contributed by atoms with Gasteiger partial charge in [0.25, 0.3) is 0 Å². The van der Waals surface area contributed by atoms with Gasteiger partial charge in [-0.1, -0.05) is 17.7 Å². The molecule has 0 unspecified atom stereocenters. The summed E-state index contributed by atoms with van der Waals surface area (Å²) in [6.45, 7) is 1.95. The fourth-order valence-corrected chi connectivity index (χ4v) is 1.86. The normalized spacial score (nSPS) is 10.3. The maximum Gasteiger partial charge on any atom is 0.335 e. The van der Waals surface area contributed by atoms with E-state index >= 15 is 0 Å². The van der Waals surface area contributed by atoms with Gasteiger partial charge in [-0.25, -0.2) is 13.8 Å². The van der Waals surface area contributed by atoms with Crippen molar-refractivity contribution in [1.29, 1.82) is 5.41 Å². The molecule has 0 spiro atoms. The maximum absolute atomic E-state index is 13.5. The Kier molecular flexibility index (Phi) is 3.80. The molecule has 1 heterocycles. The molecule has 7 heteroatoms. The number of nitrogens with zero attached hydrogens (tertiary/aromatic N) is 2. The monoisotopic (exact) mass is 292 g/mol. The van der Waals surface area contributed by atoms with Gasteiger partial charge in [-0.05, 0) is 31.3 Å². The lowest BCUT2D eigenvalue weighted by atomic mass is 10.2. The van der Waals surface area contributed by atoms with Crippen molar-refractivity contribution in [3.8, 4) is 0 Å². The number of hydrogen-bond acceptors (Lipinski definition) is 3. The van der Waals surface area contributed by atoms with Gasteiger partial charge in [-0.15, -0.1) is 0 Å². The van der Waals surface area contributed by atoms with Crippen LogP contribution in [0.5, 0.6) is 0 Å². The van der Waals surface area contributed by atoms with E-state index in [1.54, 1.807) is 0 Å². The first-order valence-electron chi connectivity index (χ1n) is 5.81. The third-order valence-corrected chi connectivity index (χ3v) is 3.12. The quantitative estimate of drug-likeness (QED) is 0.780. The Bertz CT molecular complexity index is 776. The minimum absolute atomic E-state index is 0.0494. The second-order valence-corrected chi connectivity index (χ2v) is 4.72. The van der Waals surface area contributed by atoms with Crippen LogP contribution in [0.2, 0.25) is 0 Å². The minimum Gasteiger partial charge on any atom is -0.332 e. The molecule has 0 radical (unpaired) electrons. The number of anilines is 1. The van der Waals surface area contributed by atoms with Crippen LogP contribution in [0.3, 0.4) is 0 Å². The molecule has 104 valence electrons. The molecule has 1 aromatic carbocycles. The van der Waals surface area contributed by atoms with Gasteiger partial charge in [0.05, 0.1) is 6.20 Å². The smallest absolute Gasteiger partial charge is 0.332 e. The zero-order valence-corrected chi connectivity index (χ0v) is 11.8. The van der Waals surface area contributed by atoms with E-state index in [9.17, 15) is 9.18 Å². The van der Waals surface area contributed by atoms with Crippen molar-refractivity contribution in [1.82, 2.24) is 9.13 Å². The lowest BCUT2D eigenvalue weighted by Crippen LogP contribution is -2.43. The number of hydrogen-bond donors (Lipinski definition) is 2. The van der Waals surface area contributed by atoms with Crippen LogP contribution in [0, 0.1) is 18.2 Å². The molecule has 5 nitrogen and oxygen atoms in total. The standard InChI is InChI=1S/C13H13FN4OS/c1-8-3-5-9(6-4-8)16-12(20)18-7-10(14)11(15)17(2)13(18)19/h3-7,15H,1-2H3,(H,16,20). The van der Waals surface area contributed by atoms with Crippen molar-refractivity contribution in [2.24, 2.45) is 7.05 Å². The average Bonchev–Trinajstić information content (AvgIpc) is 2.43. The number of halogens is 1. The van der Waals surface area contributed by atoms with Crippen molar-refractivity contribution in [2.45, 2.75) is 6.92 Å². The Morgan fingerprint density at radius 1 is 1.35 bits per heavy atom. The number of benzene rings is 1. The SMILES string of the molecule is Cc1ccc(NC(=S)n2cc(F)c(=N)n(C)c2=O)cc1. The summed E-state index contributed by atoms with van der Waals surface area (Å²) in [6.07, 6.45) is 0.911. The number of rotatable bonds is 1. The predicted molar refractivity (Wildman–Crippen MR) is 78.3 cm³/mol. The Morgan fingerprint density at radius 3 is 2.55 bits per heavy atom. The summed E-state index contributed by atoms with van der Waals surface area (Å²) in [5.74, 6) is -0.819. The number of thiocarbonyl (C=S) groups is 1. The summed E-state index contributed by atoms with van der Waals surface area (Å²) >= 11 is 5.10. The van der Waals surface area contributed by atoms with Gasteiger partial charge in [0.15, 0.2) is 16.4 Å². The van der Waals surface area contributed by atoms with Crippen molar-refractivity contribution in [3.63, 3.8) is 0 Å². The van der Waals surface area contributed by atoms with Gasteiger partial charge in [0, 0.05) is 12.7 Å². The van der Waals surface area contributed by atoms with E-state index in [1.807, 2.05) is 31.2 Å². The fourth-order valence-electron chi connectivity index (χ4n) is 1.61. The Labute approximate surface area is 119 Å². The molecule has 20 heavy (non-hydrogen) atoms. The summed E-state index contributed by atoms with van der Waals surface area (Å²) in [6, 6.07) is 7.40. The van der Waals surface area contributed by atoms with Crippen molar-refractivity contribution < 1.29 is 4.39 Å². The predicted octanol–water partition coefficient (Wildman–Crippen LogP) is 1.36. The van der Waals surface area contributed by atoms with E-state index in [0.717, 1.165) is 20.9 Å². The van der Waals surface area contributed by atoms with Crippen LogP contribution in [-0.4, -0.2) is 14.2 Å². The van der Waals surface area contributed by atoms with Gasteiger partial charge < -0.3 is 5.32 Å². The molecule has 0 bridgehead atoms. The third-order valence-electron chi connectivity index (χ3n) is 2.82. The summed E-state index contributed by atoms with van der Waals surface area (Å²) in [5.41, 5.74) is 0.727. The summed E-state index contributed by atoms with van der Waals surface area (Å²) in [7, 11) is 1.32. The van der Waals surface area contributed by atoms with Crippen LogP contribution in [0.25, 0.3) is 0 Å². The molecule has 0 saturated heterocycles. The van der Waals surface area contributed by atoms with Gasteiger partial charge >= 0.3 is 5.69 Å². The first-order chi connectivity index (χ1) is 9.40. The highest BCUT2D eigenvalue weighted by molar-refractivity contribution is 7.80. The Morgan fingerprint density at radius 2 is 1.95 bits per heavy atom. The number of nitrogens with one attached hydrogen (secondary N) is 2. The van der Waals surface area contributed by atoms with Crippen molar-refractivity contribution in [2.75, 3.05) is 5.32 Å². The van der Waals surface area contributed by atoms with Gasteiger partial charge in [0.2, 0.25) is 0 Å². The zero-order valence-electron chi connectivity index (χ0n) is 11.0. The van der Waals surface area contributed by atoms with Crippen LogP contribution in [0.15, 0.2) is 35.3 Å². The van der Waals surface area contributed by atoms with Gasteiger partial charge in [0.1, 0.15) is 0 Å². The van der Waals surface area contributed by atoms with E-state index < -0.39 is 17.0 Å². The molecule has 1 aromatic heterocycles. The van der Waals surface area contributed by atoms with E-state index in [4.69, 9.17) is 17.6 Å². The van der Waals surface area contributed by atoms with Crippen LogP contribution in [-0.2, 0) is 7.05 Å². The molecule has 2 rings (SSSR count). The highest BCUT2D eigenvalue weighted by atomic mass is 32.1. The van der Waals surface area contributed by atoms with Crippen molar-refractivity contribution >= 4 is 23.0 Å². The molecule has 0 aliphatic heterocycles. The van der Waals surface area contributed by atoms with E-state index in [-0.39, 0.29) is 5.11 Å².